The van der Waals surface area contributed by atoms with Crippen LogP contribution in [-0.2, 0) is 4.74 Å². The summed E-state index contributed by atoms with van der Waals surface area (Å²) in [6.45, 7) is 4.40. The number of nitrogens with zero attached hydrogens (tertiary/aromatic N) is 3. The molecule has 0 unspecified atom stereocenters. The van der Waals surface area contributed by atoms with Crippen LogP contribution in [0.25, 0.3) is 5.70 Å². The third-order valence-electron chi connectivity index (χ3n) is 2.21. The zero-order valence-corrected chi connectivity index (χ0v) is 10.1. The van der Waals surface area contributed by atoms with E-state index in [1.807, 2.05) is 12.1 Å². The number of nitriles is 1. The predicted octanol–water partition coefficient (Wildman–Crippen LogP) is 2.09. The van der Waals surface area contributed by atoms with Crippen LogP contribution in [0.4, 0.5) is 0 Å². The molecule has 0 fully saturated rings. The lowest BCUT2D eigenvalue weighted by atomic mass is 10.1. The van der Waals surface area contributed by atoms with Crippen LogP contribution in [0.15, 0.2) is 35.9 Å². The van der Waals surface area contributed by atoms with Crippen molar-refractivity contribution in [3.63, 3.8) is 0 Å². The van der Waals surface area contributed by atoms with Crippen molar-refractivity contribution < 1.29 is 4.74 Å². The van der Waals surface area contributed by atoms with Crippen LogP contribution in [0.2, 0.25) is 0 Å². The largest absolute Gasteiger partial charge is 0.379 e. The second-order valence-electron chi connectivity index (χ2n) is 3.42. The molecule has 0 saturated heterocycles. The summed E-state index contributed by atoms with van der Waals surface area (Å²) in [5.41, 5.74) is 2.22. The SMILES string of the molecule is C=C(c1cccc(C#N)c1)N(C)/N=C/COC. The Labute approximate surface area is 101 Å². The van der Waals surface area contributed by atoms with Gasteiger partial charge in [0.05, 0.1) is 30.2 Å². The van der Waals surface area contributed by atoms with Crippen molar-refractivity contribution in [2.24, 2.45) is 5.10 Å². The van der Waals surface area contributed by atoms with E-state index in [1.165, 1.54) is 0 Å². The molecular formula is C13H15N3O. The van der Waals surface area contributed by atoms with Gasteiger partial charge in [0.1, 0.15) is 0 Å². The Morgan fingerprint density at radius 3 is 3.06 bits per heavy atom. The van der Waals surface area contributed by atoms with E-state index in [4.69, 9.17) is 10.00 Å². The van der Waals surface area contributed by atoms with Crippen molar-refractivity contribution in [2.75, 3.05) is 20.8 Å². The van der Waals surface area contributed by atoms with Gasteiger partial charge in [0.25, 0.3) is 0 Å². The van der Waals surface area contributed by atoms with Gasteiger partial charge in [-0.3, -0.25) is 5.01 Å². The van der Waals surface area contributed by atoms with E-state index < -0.39 is 0 Å². The van der Waals surface area contributed by atoms with E-state index >= 15 is 0 Å². The number of rotatable bonds is 5. The second kappa shape index (κ2) is 6.46. The highest BCUT2D eigenvalue weighted by atomic mass is 16.5. The van der Waals surface area contributed by atoms with Crippen molar-refractivity contribution in [1.29, 1.82) is 5.26 Å². The molecule has 0 saturated carbocycles. The lowest BCUT2D eigenvalue weighted by Gasteiger charge is -2.16. The van der Waals surface area contributed by atoms with E-state index in [9.17, 15) is 0 Å². The van der Waals surface area contributed by atoms with E-state index in [2.05, 4.69) is 17.7 Å². The Balaban J connectivity index is 2.78. The first-order chi connectivity index (χ1) is 8.19. The van der Waals surface area contributed by atoms with E-state index in [0.29, 0.717) is 12.2 Å². The maximum absolute atomic E-state index is 8.82. The van der Waals surface area contributed by atoms with Gasteiger partial charge in [0.15, 0.2) is 0 Å². The van der Waals surface area contributed by atoms with Crippen molar-refractivity contribution in [3.05, 3.63) is 42.0 Å². The Morgan fingerprint density at radius 1 is 1.65 bits per heavy atom. The second-order valence-corrected chi connectivity index (χ2v) is 3.42. The zero-order valence-electron chi connectivity index (χ0n) is 10.1. The number of methoxy groups -OCH3 is 1. The molecule has 0 aliphatic carbocycles. The van der Waals surface area contributed by atoms with Crippen LogP contribution >= 0.6 is 0 Å². The highest BCUT2D eigenvalue weighted by molar-refractivity contribution is 5.65. The molecule has 0 bridgehead atoms. The first kappa shape index (κ1) is 12.9. The van der Waals surface area contributed by atoms with Gasteiger partial charge in [0, 0.05) is 19.7 Å². The molecule has 0 radical (unpaired) electrons. The molecule has 0 spiro atoms. The molecule has 0 aliphatic heterocycles. The third kappa shape index (κ3) is 3.74. The highest BCUT2D eigenvalue weighted by Gasteiger charge is 2.03. The van der Waals surface area contributed by atoms with Crippen molar-refractivity contribution in [1.82, 2.24) is 5.01 Å². The van der Waals surface area contributed by atoms with Crippen molar-refractivity contribution >= 4 is 11.9 Å². The standard InChI is InChI=1S/C13H15N3O/c1-11(16(2)15-7-8-17-3)13-6-4-5-12(9-13)10-14/h4-7,9H,1,8H2,2-3H3/b15-7+. The maximum atomic E-state index is 8.82. The number of benzene rings is 1. The maximum Gasteiger partial charge on any atom is 0.0991 e. The average molecular weight is 229 g/mol. The van der Waals surface area contributed by atoms with Crippen LogP contribution in [0, 0.1) is 11.3 Å². The number of ether oxygens (including phenoxy) is 1. The van der Waals surface area contributed by atoms with Gasteiger partial charge in [-0.15, -0.1) is 0 Å². The molecule has 0 amide bonds. The topological polar surface area (TPSA) is 48.6 Å². The molecule has 88 valence electrons. The fourth-order valence-corrected chi connectivity index (χ4v) is 1.26. The molecule has 4 heteroatoms. The summed E-state index contributed by atoms with van der Waals surface area (Å²) in [7, 11) is 3.41. The minimum Gasteiger partial charge on any atom is -0.379 e. The Morgan fingerprint density at radius 2 is 2.41 bits per heavy atom. The molecule has 0 aliphatic rings. The summed E-state index contributed by atoms with van der Waals surface area (Å²) in [5, 5.41) is 14.6. The van der Waals surface area contributed by atoms with Gasteiger partial charge in [-0.25, -0.2) is 0 Å². The predicted molar refractivity (Wildman–Crippen MR) is 68.3 cm³/mol. The molecule has 17 heavy (non-hydrogen) atoms. The Bertz CT molecular complexity index is 460. The minimum absolute atomic E-state index is 0.454. The zero-order chi connectivity index (χ0) is 12.7. The number of hydrazone groups is 1. The van der Waals surface area contributed by atoms with Crippen LogP contribution in [-0.4, -0.2) is 32.0 Å². The normalized spacial score (nSPS) is 10.2. The molecule has 1 aromatic rings. The fraction of sp³-hybridized carbons (Fsp3) is 0.231. The van der Waals surface area contributed by atoms with Crippen LogP contribution in [0.3, 0.4) is 0 Å². The Hall–Kier alpha value is -2.12. The van der Waals surface area contributed by atoms with Gasteiger partial charge in [-0.2, -0.15) is 10.4 Å². The lowest BCUT2D eigenvalue weighted by molar-refractivity contribution is 0.247. The summed E-state index contributed by atoms with van der Waals surface area (Å²) < 4.78 is 4.87. The first-order valence-corrected chi connectivity index (χ1v) is 5.13. The fourth-order valence-electron chi connectivity index (χ4n) is 1.26. The number of hydrogen-bond acceptors (Lipinski definition) is 4. The third-order valence-corrected chi connectivity index (χ3v) is 2.21. The van der Waals surface area contributed by atoms with E-state index in [0.717, 1.165) is 11.3 Å². The molecule has 4 nitrogen and oxygen atoms in total. The van der Waals surface area contributed by atoms with Crippen LogP contribution in [0.5, 0.6) is 0 Å². The molecular weight excluding hydrogens is 214 g/mol. The summed E-state index contributed by atoms with van der Waals surface area (Å²) >= 11 is 0. The molecule has 0 atom stereocenters. The van der Waals surface area contributed by atoms with Gasteiger partial charge < -0.3 is 4.74 Å². The van der Waals surface area contributed by atoms with Crippen molar-refractivity contribution in [3.8, 4) is 6.07 Å². The van der Waals surface area contributed by atoms with Crippen LogP contribution in [0.1, 0.15) is 11.1 Å². The molecule has 0 aromatic heterocycles. The van der Waals surface area contributed by atoms with Gasteiger partial charge in [-0.1, -0.05) is 18.7 Å². The van der Waals surface area contributed by atoms with Gasteiger partial charge in [-0.05, 0) is 12.1 Å². The Kier molecular flexibility index (Phi) is 4.92. The summed E-state index contributed by atoms with van der Waals surface area (Å²) in [6, 6.07) is 9.35. The quantitative estimate of drug-likeness (QED) is 0.574. The summed E-state index contributed by atoms with van der Waals surface area (Å²) in [4.78, 5) is 0. The summed E-state index contributed by atoms with van der Waals surface area (Å²) in [5.74, 6) is 0. The van der Waals surface area contributed by atoms with Gasteiger partial charge in [0.2, 0.25) is 0 Å². The van der Waals surface area contributed by atoms with E-state index in [-0.39, 0.29) is 0 Å². The van der Waals surface area contributed by atoms with E-state index in [1.54, 1.807) is 37.5 Å². The van der Waals surface area contributed by atoms with Crippen molar-refractivity contribution in [2.45, 2.75) is 0 Å². The van der Waals surface area contributed by atoms with Gasteiger partial charge >= 0.3 is 0 Å². The molecule has 1 rings (SSSR count). The minimum atomic E-state index is 0.454. The highest BCUT2D eigenvalue weighted by Crippen LogP contribution is 2.16. The lowest BCUT2D eigenvalue weighted by Crippen LogP contribution is -2.09. The molecule has 0 N–H and O–H groups in total. The monoisotopic (exact) mass is 229 g/mol. The smallest absolute Gasteiger partial charge is 0.0991 e. The summed E-state index contributed by atoms with van der Waals surface area (Å²) in [6.07, 6.45) is 1.65. The molecule has 1 aromatic carbocycles. The molecule has 0 heterocycles. The average Bonchev–Trinajstić information content (AvgIpc) is 2.38. The van der Waals surface area contributed by atoms with Crippen LogP contribution < -0.4 is 0 Å². The first-order valence-electron chi connectivity index (χ1n) is 5.13. The number of hydrogen-bond donors (Lipinski definition) is 0.